The SMILES string of the molecule is CC1=CC(SN2CCCCOCC2)=CC=CC1. The van der Waals surface area contributed by atoms with E-state index in [1.54, 1.807) is 0 Å². The van der Waals surface area contributed by atoms with Gasteiger partial charge in [0.05, 0.1) is 6.61 Å². The van der Waals surface area contributed by atoms with Gasteiger partial charge in [0, 0.05) is 24.6 Å². The second-order valence-corrected chi connectivity index (χ2v) is 5.70. The van der Waals surface area contributed by atoms with Crippen LogP contribution in [0.3, 0.4) is 0 Å². The summed E-state index contributed by atoms with van der Waals surface area (Å²) < 4.78 is 7.96. The summed E-state index contributed by atoms with van der Waals surface area (Å²) in [5.41, 5.74) is 1.43. The van der Waals surface area contributed by atoms with Gasteiger partial charge in [-0.1, -0.05) is 17.7 Å². The molecule has 0 bridgehead atoms. The van der Waals surface area contributed by atoms with Crippen LogP contribution in [-0.4, -0.2) is 30.6 Å². The molecule has 1 heterocycles. The molecule has 0 aromatic rings. The van der Waals surface area contributed by atoms with Crippen molar-refractivity contribution in [3.8, 4) is 0 Å². The molecule has 17 heavy (non-hydrogen) atoms. The normalized spacial score (nSPS) is 23.4. The van der Waals surface area contributed by atoms with Gasteiger partial charge in [0.25, 0.3) is 0 Å². The highest BCUT2D eigenvalue weighted by molar-refractivity contribution is 8.01. The highest BCUT2D eigenvalue weighted by Gasteiger charge is 2.10. The van der Waals surface area contributed by atoms with Crippen LogP contribution >= 0.6 is 11.9 Å². The third-order valence-corrected chi connectivity index (χ3v) is 3.98. The average molecular weight is 251 g/mol. The van der Waals surface area contributed by atoms with Crippen LogP contribution in [-0.2, 0) is 4.74 Å². The van der Waals surface area contributed by atoms with Crippen molar-refractivity contribution in [3.05, 3.63) is 34.8 Å². The Morgan fingerprint density at radius 3 is 3.12 bits per heavy atom. The van der Waals surface area contributed by atoms with Gasteiger partial charge in [-0.2, -0.15) is 0 Å². The van der Waals surface area contributed by atoms with Crippen LogP contribution in [0.1, 0.15) is 26.2 Å². The first-order chi connectivity index (χ1) is 8.34. The topological polar surface area (TPSA) is 12.5 Å². The van der Waals surface area contributed by atoms with Crippen LogP contribution in [0.25, 0.3) is 0 Å². The van der Waals surface area contributed by atoms with Crippen molar-refractivity contribution in [1.82, 2.24) is 4.31 Å². The van der Waals surface area contributed by atoms with Crippen LogP contribution in [0.15, 0.2) is 34.8 Å². The second kappa shape index (κ2) is 7.04. The maximum absolute atomic E-state index is 5.54. The van der Waals surface area contributed by atoms with E-state index in [0.717, 1.165) is 26.2 Å². The summed E-state index contributed by atoms with van der Waals surface area (Å²) in [5, 5.41) is 0. The maximum Gasteiger partial charge on any atom is 0.0602 e. The van der Waals surface area contributed by atoms with Crippen molar-refractivity contribution in [2.24, 2.45) is 0 Å². The van der Waals surface area contributed by atoms with Gasteiger partial charge in [-0.15, -0.1) is 0 Å². The van der Waals surface area contributed by atoms with Gasteiger partial charge in [-0.05, 0) is 50.3 Å². The molecule has 0 amide bonds. The molecule has 0 spiro atoms. The third kappa shape index (κ3) is 4.70. The van der Waals surface area contributed by atoms with E-state index in [1.165, 1.54) is 29.9 Å². The van der Waals surface area contributed by atoms with E-state index in [4.69, 9.17) is 4.74 Å². The highest BCUT2D eigenvalue weighted by atomic mass is 32.2. The van der Waals surface area contributed by atoms with Gasteiger partial charge in [0.2, 0.25) is 0 Å². The third-order valence-electron chi connectivity index (χ3n) is 2.89. The lowest BCUT2D eigenvalue weighted by molar-refractivity contribution is 0.107. The molecule has 0 aromatic heterocycles. The molecule has 94 valence electrons. The van der Waals surface area contributed by atoms with Crippen molar-refractivity contribution >= 4 is 11.9 Å². The van der Waals surface area contributed by atoms with Gasteiger partial charge >= 0.3 is 0 Å². The Balaban J connectivity index is 1.91. The molecule has 1 aliphatic heterocycles. The van der Waals surface area contributed by atoms with E-state index in [0.29, 0.717) is 0 Å². The summed E-state index contributed by atoms with van der Waals surface area (Å²) >= 11 is 1.87. The number of hydrogen-bond donors (Lipinski definition) is 0. The summed E-state index contributed by atoms with van der Waals surface area (Å²) in [5.74, 6) is 0. The van der Waals surface area contributed by atoms with Crippen LogP contribution in [0.4, 0.5) is 0 Å². The summed E-state index contributed by atoms with van der Waals surface area (Å²) in [6, 6.07) is 0. The lowest BCUT2D eigenvalue weighted by Gasteiger charge is -2.23. The van der Waals surface area contributed by atoms with E-state index in [1.807, 2.05) is 11.9 Å². The molecular formula is C14H21NOS. The molecule has 2 nitrogen and oxygen atoms in total. The minimum Gasteiger partial charge on any atom is -0.380 e. The highest BCUT2D eigenvalue weighted by Crippen LogP contribution is 2.26. The van der Waals surface area contributed by atoms with Crippen molar-refractivity contribution < 1.29 is 4.74 Å². The number of hydrogen-bond acceptors (Lipinski definition) is 3. The lowest BCUT2D eigenvalue weighted by atomic mass is 10.2. The Labute approximate surface area is 109 Å². The van der Waals surface area contributed by atoms with Crippen molar-refractivity contribution in [3.63, 3.8) is 0 Å². The molecule has 1 saturated heterocycles. The molecule has 0 unspecified atom stereocenters. The average Bonchev–Trinajstić information content (AvgIpc) is 2.46. The molecule has 1 aliphatic carbocycles. The molecule has 2 aliphatic rings. The predicted molar refractivity (Wildman–Crippen MR) is 74.8 cm³/mol. The van der Waals surface area contributed by atoms with Crippen molar-refractivity contribution in [2.75, 3.05) is 26.3 Å². The zero-order valence-corrected chi connectivity index (χ0v) is 11.3. The predicted octanol–water partition coefficient (Wildman–Crippen LogP) is 3.54. The van der Waals surface area contributed by atoms with Crippen LogP contribution in [0, 0.1) is 0 Å². The fourth-order valence-corrected chi connectivity index (χ4v) is 3.01. The van der Waals surface area contributed by atoms with E-state index in [9.17, 15) is 0 Å². The Bertz CT molecular complexity index is 325. The molecular weight excluding hydrogens is 230 g/mol. The van der Waals surface area contributed by atoms with Crippen LogP contribution < -0.4 is 0 Å². The molecule has 0 atom stereocenters. The number of nitrogens with zero attached hydrogens (tertiary/aromatic N) is 1. The molecule has 0 aromatic carbocycles. The molecule has 0 saturated carbocycles. The summed E-state index contributed by atoms with van der Waals surface area (Å²) in [4.78, 5) is 1.34. The van der Waals surface area contributed by atoms with E-state index < -0.39 is 0 Å². The first-order valence-electron chi connectivity index (χ1n) is 6.39. The number of allylic oxidation sites excluding steroid dienone is 5. The van der Waals surface area contributed by atoms with E-state index >= 15 is 0 Å². The first kappa shape index (κ1) is 12.9. The Hall–Kier alpha value is -0.510. The van der Waals surface area contributed by atoms with Gasteiger partial charge < -0.3 is 4.74 Å². The molecule has 1 fully saturated rings. The largest absolute Gasteiger partial charge is 0.380 e. The fraction of sp³-hybridized carbons (Fsp3) is 0.571. The quantitative estimate of drug-likeness (QED) is 0.697. The van der Waals surface area contributed by atoms with Crippen molar-refractivity contribution in [2.45, 2.75) is 26.2 Å². The number of rotatable bonds is 2. The Kier molecular flexibility index (Phi) is 5.36. The second-order valence-electron chi connectivity index (χ2n) is 4.53. The Morgan fingerprint density at radius 1 is 1.24 bits per heavy atom. The Morgan fingerprint density at radius 2 is 2.18 bits per heavy atom. The fourth-order valence-electron chi connectivity index (χ4n) is 1.94. The van der Waals surface area contributed by atoms with Crippen molar-refractivity contribution in [1.29, 1.82) is 0 Å². The number of ether oxygens (including phenoxy) is 1. The summed E-state index contributed by atoms with van der Waals surface area (Å²) in [6.07, 6.45) is 12.4. The minimum atomic E-state index is 0.860. The molecule has 2 rings (SSSR count). The van der Waals surface area contributed by atoms with Gasteiger partial charge in [0.1, 0.15) is 0 Å². The van der Waals surface area contributed by atoms with E-state index in [2.05, 4.69) is 35.5 Å². The van der Waals surface area contributed by atoms with Gasteiger partial charge in [0.15, 0.2) is 0 Å². The lowest BCUT2D eigenvalue weighted by Crippen LogP contribution is -2.25. The summed E-state index contributed by atoms with van der Waals surface area (Å²) in [7, 11) is 0. The standard InChI is InChI=1S/C14H21NOS/c1-13-6-2-3-7-14(12-13)17-15-8-4-5-10-16-11-9-15/h2-3,7,12H,4-6,8-11H2,1H3. The van der Waals surface area contributed by atoms with Crippen LogP contribution in [0.2, 0.25) is 0 Å². The maximum atomic E-state index is 5.54. The first-order valence-corrected chi connectivity index (χ1v) is 7.16. The minimum absolute atomic E-state index is 0.860. The monoisotopic (exact) mass is 251 g/mol. The summed E-state index contributed by atoms with van der Waals surface area (Å²) in [6.45, 7) is 6.18. The van der Waals surface area contributed by atoms with Gasteiger partial charge in [-0.3, -0.25) is 0 Å². The van der Waals surface area contributed by atoms with E-state index in [-0.39, 0.29) is 0 Å². The zero-order valence-electron chi connectivity index (χ0n) is 10.5. The van der Waals surface area contributed by atoms with Gasteiger partial charge in [-0.25, -0.2) is 4.31 Å². The zero-order chi connectivity index (χ0) is 11.9. The van der Waals surface area contributed by atoms with Crippen LogP contribution in [0.5, 0.6) is 0 Å². The molecule has 0 N–H and O–H groups in total. The smallest absolute Gasteiger partial charge is 0.0602 e. The molecule has 3 heteroatoms. The molecule has 0 radical (unpaired) electrons.